The lowest BCUT2D eigenvalue weighted by Crippen LogP contribution is -2.15. The molecule has 3 aromatic rings. The number of carbonyl (C=O) groups excluding carboxylic acids is 1. The lowest BCUT2D eigenvalue weighted by Gasteiger charge is -2.18. The van der Waals surface area contributed by atoms with Gasteiger partial charge in [-0.15, -0.1) is 11.3 Å². The molecule has 2 aliphatic heterocycles. The van der Waals surface area contributed by atoms with Gasteiger partial charge in [-0.2, -0.15) is 0 Å². The van der Waals surface area contributed by atoms with Crippen LogP contribution >= 0.6 is 11.3 Å². The number of nitrogens with one attached hydrogen (secondary N) is 1. The molecule has 5 rings (SSSR count). The molecular weight excluding hydrogens is 366 g/mol. The van der Waals surface area contributed by atoms with Gasteiger partial charge in [0, 0.05) is 16.6 Å². The lowest BCUT2D eigenvalue weighted by molar-refractivity contribution is 0.103. The van der Waals surface area contributed by atoms with Crippen LogP contribution in [0.25, 0.3) is 10.4 Å². The van der Waals surface area contributed by atoms with E-state index in [4.69, 9.17) is 18.9 Å². The Balaban J connectivity index is 1.35. The number of benzene rings is 2. The average Bonchev–Trinajstić information content (AvgIpc) is 3.37. The first-order valence-electron chi connectivity index (χ1n) is 8.47. The largest absolute Gasteiger partial charge is 0.486 e. The molecule has 1 amide bonds. The molecule has 0 bridgehead atoms. The van der Waals surface area contributed by atoms with E-state index in [9.17, 15) is 4.79 Å². The number of hydrogen-bond acceptors (Lipinski definition) is 6. The minimum atomic E-state index is -0.164. The number of carbonyl (C=O) groups is 1. The number of ether oxygens (including phenoxy) is 4. The van der Waals surface area contributed by atoms with E-state index in [1.165, 1.54) is 11.3 Å². The van der Waals surface area contributed by atoms with Crippen LogP contribution in [0.5, 0.6) is 23.0 Å². The first-order chi connectivity index (χ1) is 13.3. The Bertz CT molecular complexity index is 1030. The molecule has 1 aromatic heterocycles. The first kappa shape index (κ1) is 16.0. The van der Waals surface area contributed by atoms with Crippen molar-refractivity contribution in [3.63, 3.8) is 0 Å². The molecule has 3 heterocycles. The lowest BCUT2D eigenvalue weighted by atomic mass is 10.1. The fraction of sp³-hybridized carbons (Fsp3) is 0.150. The molecule has 7 heteroatoms. The highest BCUT2D eigenvalue weighted by atomic mass is 32.1. The molecule has 0 unspecified atom stereocenters. The summed E-state index contributed by atoms with van der Waals surface area (Å²) < 4.78 is 21.8. The maximum Gasteiger partial charge on any atom is 0.265 e. The quantitative estimate of drug-likeness (QED) is 0.738. The van der Waals surface area contributed by atoms with E-state index < -0.39 is 0 Å². The molecule has 136 valence electrons. The molecule has 0 aliphatic carbocycles. The molecule has 0 radical (unpaired) electrons. The molecular formula is C20H15NO5S. The summed E-state index contributed by atoms with van der Waals surface area (Å²) in [7, 11) is 0. The van der Waals surface area contributed by atoms with E-state index in [-0.39, 0.29) is 12.7 Å². The van der Waals surface area contributed by atoms with Crippen LogP contribution in [0, 0.1) is 0 Å². The molecule has 2 aromatic carbocycles. The minimum Gasteiger partial charge on any atom is -0.486 e. The number of anilines is 1. The van der Waals surface area contributed by atoms with Crippen LogP contribution in [-0.4, -0.2) is 25.9 Å². The highest BCUT2D eigenvalue weighted by molar-refractivity contribution is 7.17. The number of amides is 1. The number of fused-ring (bicyclic) bond motifs is 2. The molecule has 2 aliphatic rings. The van der Waals surface area contributed by atoms with Crippen LogP contribution in [0.15, 0.2) is 48.5 Å². The summed E-state index contributed by atoms with van der Waals surface area (Å²) in [5.74, 6) is 2.64. The normalized spacial score (nSPS) is 14.1. The van der Waals surface area contributed by atoms with Crippen LogP contribution in [0.1, 0.15) is 9.67 Å². The van der Waals surface area contributed by atoms with Gasteiger partial charge in [0.2, 0.25) is 6.79 Å². The molecule has 0 saturated heterocycles. The molecule has 1 N–H and O–H groups in total. The molecule has 27 heavy (non-hydrogen) atoms. The maximum absolute atomic E-state index is 12.6. The second-order valence-electron chi connectivity index (χ2n) is 6.04. The number of hydrogen-bond donors (Lipinski definition) is 1. The van der Waals surface area contributed by atoms with E-state index in [0.29, 0.717) is 35.3 Å². The van der Waals surface area contributed by atoms with Crippen LogP contribution < -0.4 is 24.3 Å². The second-order valence-corrected chi connectivity index (χ2v) is 7.13. The van der Waals surface area contributed by atoms with Crippen molar-refractivity contribution in [2.45, 2.75) is 0 Å². The van der Waals surface area contributed by atoms with Gasteiger partial charge in [0.1, 0.15) is 13.2 Å². The smallest absolute Gasteiger partial charge is 0.265 e. The summed E-state index contributed by atoms with van der Waals surface area (Å²) in [5.41, 5.74) is 1.66. The molecule has 0 atom stereocenters. The van der Waals surface area contributed by atoms with Gasteiger partial charge < -0.3 is 24.3 Å². The number of thiophene rings is 1. The van der Waals surface area contributed by atoms with Crippen molar-refractivity contribution in [2.75, 3.05) is 25.3 Å². The summed E-state index contributed by atoms with van der Waals surface area (Å²) >= 11 is 1.43. The molecule has 0 saturated carbocycles. The Labute approximate surface area is 159 Å². The van der Waals surface area contributed by atoms with Gasteiger partial charge in [0.05, 0.1) is 4.88 Å². The van der Waals surface area contributed by atoms with Crippen LogP contribution in [-0.2, 0) is 0 Å². The standard InChI is InChI=1S/C20H15NO5S/c22-20(21-13-2-4-15-17(10-13)26-11-25-15)19-6-5-18(27-19)12-1-3-14-16(9-12)24-8-7-23-14/h1-6,9-10H,7-8,11H2,(H,21,22). The zero-order chi connectivity index (χ0) is 18.2. The number of rotatable bonds is 3. The van der Waals surface area contributed by atoms with Crippen molar-refractivity contribution >= 4 is 22.9 Å². The van der Waals surface area contributed by atoms with Gasteiger partial charge in [-0.25, -0.2) is 0 Å². The van der Waals surface area contributed by atoms with E-state index in [1.54, 1.807) is 18.2 Å². The molecule has 0 fully saturated rings. The van der Waals surface area contributed by atoms with E-state index in [1.807, 2.05) is 30.3 Å². The highest BCUT2D eigenvalue weighted by Gasteiger charge is 2.17. The zero-order valence-electron chi connectivity index (χ0n) is 14.2. The van der Waals surface area contributed by atoms with Crippen LogP contribution in [0.3, 0.4) is 0 Å². The third-order valence-corrected chi connectivity index (χ3v) is 5.42. The van der Waals surface area contributed by atoms with Crippen LogP contribution in [0.4, 0.5) is 5.69 Å². The van der Waals surface area contributed by atoms with Gasteiger partial charge in [0.25, 0.3) is 5.91 Å². The fourth-order valence-corrected chi connectivity index (χ4v) is 3.88. The summed E-state index contributed by atoms with van der Waals surface area (Å²) in [4.78, 5) is 14.2. The van der Waals surface area contributed by atoms with E-state index >= 15 is 0 Å². The second kappa shape index (κ2) is 6.51. The monoisotopic (exact) mass is 381 g/mol. The highest BCUT2D eigenvalue weighted by Crippen LogP contribution is 2.37. The topological polar surface area (TPSA) is 66.0 Å². The fourth-order valence-electron chi connectivity index (χ4n) is 2.98. The van der Waals surface area contributed by atoms with Crippen molar-refractivity contribution < 1.29 is 23.7 Å². The van der Waals surface area contributed by atoms with Gasteiger partial charge in [0.15, 0.2) is 23.0 Å². The summed E-state index contributed by atoms with van der Waals surface area (Å²) in [5, 5.41) is 2.89. The zero-order valence-corrected chi connectivity index (χ0v) is 15.0. The first-order valence-corrected chi connectivity index (χ1v) is 9.29. The van der Waals surface area contributed by atoms with Crippen LogP contribution in [0.2, 0.25) is 0 Å². The predicted octanol–water partition coefficient (Wildman–Crippen LogP) is 4.17. The van der Waals surface area contributed by atoms with Gasteiger partial charge in [-0.05, 0) is 48.0 Å². The average molecular weight is 381 g/mol. The van der Waals surface area contributed by atoms with E-state index in [0.717, 1.165) is 21.9 Å². The molecule has 6 nitrogen and oxygen atoms in total. The van der Waals surface area contributed by atoms with E-state index in [2.05, 4.69) is 5.32 Å². The van der Waals surface area contributed by atoms with Gasteiger partial charge >= 0.3 is 0 Å². The van der Waals surface area contributed by atoms with Crippen molar-refractivity contribution in [3.05, 3.63) is 53.4 Å². The SMILES string of the molecule is O=C(Nc1ccc2c(c1)OCO2)c1ccc(-c2ccc3c(c2)OCCO3)s1. The molecule has 0 spiro atoms. The Hall–Kier alpha value is -3.19. The van der Waals surface area contributed by atoms with Crippen molar-refractivity contribution in [2.24, 2.45) is 0 Å². The summed E-state index contributed by atoms with van der Waals surface area (Å²) in [6, 6.07) is 14.9. The Morgan fingerprint density at radius 3 is 2.48 bits per heavy atom. The maximum atomic E-state index is 12.6. The van der Waals surface area contributed by atoms with Crippen molar-refractivity contribution in [3.8, 4) is 33.4 Å². The Kier molecular flexibility index (Phi) is 3.86. The minimum absolute atomic E-state index is 0.164. The summed E-state index contributed by atoms with van der Waals surface area (Å²) in [6.45, 7) is 1.32. The third-order valence-electron chi connectivity index (χ3n) is 4.29. The Morgan fingerprint density at radius 2 is 1.56 bits per heavy atom. The summed E-state index contributed by atoms with van der Waals surface area (Å²) in [6.07, 6.45) is 0. The predicted molar refractivity (Wildman–Crippen MR) is 101 cm³/mol. The van der Waals surface area contributed by atoms with Crippen molar-refractivity contribution in [1.82, 2.24) is 0 Å². The van der Waals surface area contributed by atoms with Gasteiger partial charge in [-0.3, -0.25) is 4.79 Å². The third kappa shape index (κ3) is 3.06. The van der Waals surface area contributed by atoms with Crippen molar-refractivity contribution in [1.29, 1.82) is 0 Å². The van der Waals surface area contributed by atoms with Gasteiger partial charge in [-0.1, -0.05) is 0 Å². The Morgan fingerprint density at radius 1 is 0.815 bits per heavy atom.